The van der Waals surface area contributed by atoms with Gasteiger partial charge in [0.25, 0.3) is 0 Å². The Balaban J connectivity index is 1.96. The maximum atomic E-state index is 11.0. The topological polar surface area (TPSA) is 71.2 Å². The summed E-state index contributed by atoms with van der Waals surface area (Å²) >= 11 is 0. The molecule has 2 rings (SSSR count). The van der Waals surface area contributed by atoms with Crippen LogP contribution in [-0.2, 0) is 17.9 Å². The van der Waals surface area contributed by atoms with E-state index in [2.05, 4.69) is 21.9 Å². The van der Waals surface area contributed by atoms with Gasteiger partial charge in [0.2, 0.25) is 0 Å². The fourth-order valence-electron chi connectivity index (χ4n) is 2.41. The second-order valence-corrected chi connectivity index (χ2v) is 4.81. The van der Waals surface area contributed by atoms with Crippen LogP contribution in [0.25, 0.3) is 0 Å². The van der Waals surface area contributed by atoms with Gasteiger partial charge in [0.1, 0.15) is 12.2 Å². The molecule has 2 heterocycles. The molecule has 0 aliphatic carbocycles. The molecule has 6 nitrogen and oxygen atoms in total. The molecule has 0 spiro atoms. The van der Waals surface area contributed by atoms with Gasteiger partial charge in [-0.15, -0.1) is 0 Å². The van der Waals surface area contributed by atoms with E-state index in [0.717, 1.165) is 38.2 Å². The Labute approximate surface area is 107 Å². The number of aromatic nitrogens is 3. The zero-order chi connectivity index (χ0) is 13.0. The van der Waals surface area contributed by atoms with Gasteiger partial charge in [0, 0.05) is 13.1 Å². The number of rotatable bonds is 5. The summed E-state index contributed by atoms with van der Waals surface area (Å²) < 4.78 is 1.91. The van der Waals surface area contributed by atoms with Crippen LogP contribution in [-0.4, -0.2) is 43.8 Å². The van der Waals surface area contributed by atoms with Crippen molar-refractivity contribution in [3.63, 3.8) is 0 Å². The summed E-state index contributed by atoms with van der Waals surface area (Å²) in [5.41, 5.74) is 0. The van der Waals surface area contributed by atoms with E-state index in [1.54, 1.807) is 6.33 Å². The van der Waals surface area contributed by atoms with Gasteiger partial charge in [0.15, 0.2) is 0 Å². The van der Waals surface area contributed by atoms with Crippen LogP contribution in [0.2, 0.25) is 0 Å². The first-order valence-electron chi connectivity index (χ1n) is 6.52. The zero-order valence-electron chi connectivity index (χ0n) is 10.7. The van der Waals surface area contributed by atoms with Crippen LogP contribution in [0.3, 0.4) is 0 Å². The summed E-state index contributed by atoms with van der Waals surface area (Å²) in [6.07, 6.45) is 4.32. The largest absolute Gasteiger partial charge is 0.481 e. The van der Waals surface area contributed by atoms with Crippen molar-refractivity contribution in [2.45, 2.75) is 39.3 Å². The van der Waals surface area contributed by atoms with Crippen molar-refractivity contribution in [2.24, 2.45) is 5.92 Å². The molecule has 0 radical (unpaired) electrons. The van der Waals surface area contributed by atoms with Crippen LogP contribution >= 0.6 is 0 Å². The van der Waals surface area contributed by atoms with E-state index < -0.39 is 5.97 Å². The second-order valence-electron chi connectivity index (χ2n) is 4.81. The molecule has 100 valence electrons. The number of likely N-dealkylation sites (tertiary alicyclic amines) is 1. The number of aliphatic carboxylic acids is 1. The maximum Gasteiger partial charge on any atom is 0.307 e. The molecule has 1 aromatic rings. The fourth-order valence-corrected chi connectivity index (χ4v) is 2.41. The molecule has 1 fully saturated rings. The minimum atomic E-state index is -0.685. The summed E-state index contributed by atoms with van der Waals surface area (Å²) in [4.78, 5) is 17.4. The van der Waals surface area contributed by atoms with Crippen LogP contribution in [0.1, 0.15) is 32.0 Å². The van der Waals surface area contributed by atoms with Crippen molar-refractivity contribution in [1.82, 2.24) is 19.7 Å². The molecule has 0 amide bonds. The average Bonchev–Trinajstić information content (AvgIpc) is 2.77. The molecule has 0 bridgehead atoms. The second kappa shape index (κ2) is 5.95. The van der Waals surface area contributed by atoms with E-state index in [9.17, 15) is 4.79 Å². The summed E-state index contributed by atoms with van der Waals surface area (Å²) in [6.45, 7) is 5.24. The Morgan fingerprint density at radius 3 is 3.17 bits per heavy atom. The normalized spacial score (nSPS) is 21.1. The molecule has 6 heteroatoms. The minimum absolute atomic E-state index is 0.235. The summed E-state index contributed by atoms with van der Waals surface area (Å²) in [5.74, 6) is 0.0129. The number of hydrogen-bond donors (Lipinski definition) is 1. The number of piperidine rings is 1. The Morgan fingerprint density at radius 2 is 2.44 bits per heavy atom. The van der Waals surface area contributed by atoms with E-state index >= 15 is 0 Å². The van der Waals surface area contributed by atoms with Gasteiger partial charge in [-0.3, -0.25) is 9.69 Å². The maximum absolute atomic E-state index is 11.0. The van der Waals surface area contributed by atoms with Crippen LogP contribution < -0.4 is 0 Å². The van der Waals surface area contributed by atoms with Gasteiger partial charge in [-0.1, -0.05) is 6.92 Å². The van der Waals surface area contributed by atoms with Crippen LogP contribution in [0.5, 0.6) is 0 Å². The van der Waals surface area contributed by atoms with Crippen molar-refractivity contribution in [2.75, 3.05) is 13.1 Å². The molecule has 1 aliphatic heterocycles. The lowest BCUT2D eigenvalue weighted by Gasteiger charge is -2.30. The Hall–Kier alpha value is -1.43. The molecule has 0 aromatic carbocycles. The van der Waals surface area contributed by atoms with E-state index in [4.69, 9.17) is 5.11 Å². The van der Waals surface area contributed by atoms with Crippen LogP contribution in [0.4, 0.5) is 0 Å². The Kier molecular flexibility index (Phi) is 4.30. The molecule has 1 unspecified atom stereocenters. The monoisotopic (exact) mass is 252 g/mol. The van der Waals surface area contributed by atoms with E-state index in [1.807, 2.05) is 4.68 Å². The van der Waals surface area contributed by atoms with Crippen LogP contribution in [0, 0.1) is 5.92 Å². The van der Waals surface area contributed by atoms with Crippen molar-refractivity contribution in [3.8, 4) is 0 Å². The summed E-state index contributed by atoms with van der Waals surface area (Å²) in [7, 11) is 0. The number of carboxylic acids is 1. The first-order chi connectivity index (χ1) is 8.70. The van der Waals surface area contributed by atoms with Gasteiger partial charge < -0.3 is 5.11 Å². The lowest BCUT2D eigenvalue weighted by Crippen LogP contribution is -2.38. The number of carbonyl (C=O) groups is 1. The predicted octanol–water partition coefficient (Wildman–Crippen LogP) is 0.985. The third-order valence-corrected chi connectivity index (χ3v) is 3.35. The lowest BCUT2D eigenvalue weighted by molar-refractivity contribution is -0.143. The number of aryl methyl sites for hydroxylation is 1. The third kappa shape index (κ3) is 3.07. The number of nitrogens with zero attached hydrogens (tertiary/aromatic N) is 4. The molecule has 18 heavy (non-hydrogen) atoms. The molecule has 1 aliphatic rings. The number of carboxylic acid groups (broad SMARTS) is 1. The minimum Gasteiger partial charge on any atom is -0.481 e. The van der Waals surface area contributed by atoms with Crippen molar-refractivity contribution in [3.05, 3.63) is 12.2 Å². The van der Waals surface area contributed by atoms with E-state index in [-0.39, 0.29) is 5.92 Å². The molecular formula is C12H20N4O2. The Bertz CT molecular complexity index is 405. The highest BCUT2D eigenvalue weighted by Gasteiger charge is 2.26. The standard InChI is InChI=1S/C12H20N4O2/c1-2-5-16-11(13-9-14-16)8-15-6-3-4-10(7-15)12(17)18/h9-10H,2-8H2,1H3,(H,17,18). The van der Waals surface area contributed by atoms with Gasteiger partial charge >= 0.3 is 5.97 Å². The predicted molar refractivity (Wildman–Crippen MR) is 65.9 cm³/mol. The number of hydrogen-bond acceptors (Lipinski definition) is 4. The lowest BCUT2D eigenvalue weighted by atomic mass is 9.98. The highest BCUT2D eigenvalue weighted by Crippen LogP contribution is 2.18. The molecule has 1 saturated heterocycles. The summed E-state index contributed by atoms with van der Waals surface area (Å²) in [5, 5.41) is 13.2. The van der Waals surface area contributed by atoms with Gasteiger partial charge in [-0.05, 0) is 25.8 Å². The van der Waals surface area contributed by atoms with E-state index in [1.165, 1.54) is 0 Å². The molecule has 1 aromatic heterocycles. The average molecular weight is 252 g/mol. The molecule has 1 atom stereocenters. The highest BCUT2D eigenvalue weighted by molar-refractivity contribution is 5.70. The van der Waals surface area contributed by atoms with Gasteiger partial charge in [-0.25, -0.2) is 9.67 Å². The zero-order valence-corrected chi connectivity index (χ0v) is 10.7. The van der Waals surface area contributed by atoms with Crippen molar-refractivity contribution < 1.29 is 9.90 Å². The van der Waals surface area contributed by atoms with Gasteiger partial charge in [0.05, 0.1) is 12.5 Å². The highest BCUT2D eigenvalue weighted by atomic mass is 16.4. The molecule has 1 N–H and O–H groups in total. The first-order valence-corrected chi connectivity index (χ1v) is 6.52. The van der Waals surface area contributed by atoms with Crippen molar-refractivity contribution >= 4 is 5.97 Å². The smallest absolute Gasteiger partial charge is 0.307 e. The van der Waals surface area contributed by atoms with Crippen molar-refractivity contribution in [1.29, 1.82) is 0 Å². The fraction of sp³-hybridized carbons (Fsp3) is 0.750. The Morgan fingerprint density at radius 1 is 1.61 bits per heavy atom. The molecule has 0 saturated carbocycles. The SMILES string of the molecule is CCCn1ncnc1CN1CCCC(C(=O)O)C1. The molecular weight excluding hydrogens is 232 g/mol. The summed E-state index contributed by atoms with van der Waals surface area (Å²) in [6, 6.07) is 0. The first kappa shape index (κ1) is 13.0. The quantitative estimate of drug-likeness (QED) is 0.846. The van der Waals surface area contributed by atoms with E-state index in [0.29, 0.717) is 13.1 Å². The van der Waals surface area contributed by atoms with Gasteiger partial charge in [-0.2, -0.15) is 5.10 Å². The van der Waals surface area contributed by atoms with Crippen LogP contribution in [0.15, 0.2) is 6.33 Å². The third-order valence-electron chi connectivity index (χ3n) is 3.35.